The molecule has 0 N–H and O–H groups in total. The highest BCUT2D eigenvalue weighted by atomic mass is 35.5. The summed E-state index contributed by atoms with van der Waals surface area (Å²) >= 11 is 12.6. The molecular weight excluding hydrogens is 291 g/mol. The molecule has 0 saturated heterocycles. The molecule has 0 aliphatic rings. The molecule has 2 aromatic rings. The fraction of sp³-hybridized carbons (Fsp3) is 0.438. The number of aryl methyl sites for hydroxylation is 3. The highest BCUT2D eigenvalue weighted by Gasteiger charge is 2.18. The summed E-state index contributed by atoms with van der Waals surface area (Å²) in [4.78, 5) is 0. The lowest BCUT2D eigenvalue weighted by molar-refractivity contribution is 0.595. The quantitative estimate of drug-likeness (QED) is 0.729. The Morgan fingerprint density at radius 3 is 2.65 bits per heavy atom. The molecule has 0 bridgehead atoms. The van der Waals surface area contributed by atoms with Crippen molar-refractivity contribution in [2.24, 2.45) is 0 Å². The molecular formula is C16H20Cl2N2. The van der Waals surface area contributed by atoms with E-state index in [1.807, 2.05) is 11.6 Å². The summed E-state index contributed by atoms with van der Waals surface area (Å²) in [6.45, 7) is 6.95. The van der Waals surface area contributed by atoms with E-state index in [0.29, 0.717) is 5.88 Å². The minimum atomic E-state index is 0.260. The minimum absolute atomic E-state index is 0.260. The Morgan fingerprint density at radius 2 is 2.05 bits per heavy atom. The Hall–Kier alpha value is -0.990. The Kier molecular flexibility index (Phi) is 5.11. The van der Waals surface area contributed by atoms with Crippen LogP contribution in [0.15, 0.2) is 24.3 Å². The number of alkyl halides is 1. The van der Waals surface area contributed by atoms with Crippen LogP contribution < -0.4 is 0 Å². The first kappa shape index (κ1) is 15.4. The normalized spacial score (nSPS) is 12.7. The molecule has 0 saturated carbocycles. The summed E-state index contributed by atoms with van der Waals surface area (Å²) in [5, 5.41) is 5.24. The van der Waals surface area contributed by atoms with E-state index in [1.165, 1.54) is 11.1 Å². The maximum Gasteiger partial charge on any atom is 0.0847 e. The summed E-state index contributed by atoms with van der Waals surface area (Å²) < 4.78 is 1.98. The monoisotopic (exact) mass is 310 g/mol. The summed E-state index contributed by atoms with van der Waals surface area (Å²) in [6, 6.07) is 8.50. The average Bonchev–Trinajstić information content (AvgIpc) is 2.71. The first-order chi connectivity index (χ1) is 9.56. The highest BCUT2D eigenvalue weighted by molar-refractivity contribution is 6.31. The Morgan fingerprint density at radius 1 is 1.30 bits per heavy atom. The van der Waals surface area contributed by atoms with Gasteiger partial charge in [-0.1, -0.05) is 41.4 Å². The fourth-order valence-corrected chi connectivity index (χ4v) is 2.98. The lowest BCUT2D eigenvalue weighted by Gasteiger charge is -2.16. The number of rotatable bonds is 5. The van der Waals surface area contributed by atoms with Gasteiger partial charge in [0.25, 0.3) is 0 Å². The van der Waals surface area contributed by atoms with E-state index in [-0.39, 0.29) is 5.92 Å². The van der Waals surface area contributed by atoms with Crippen molar-refractivity contribution < 1.29 is 0 Å². The second-order valence-electron chi connectivity index (χ2n) is 5.13. The number of benzene rings is 1. The minimum Gasteiger partial charge on any atom is -0.268 e. The molecule has 1 heterocycles. The van der Waals surface area contributed by atoms with Crippen LogP contribution in [0.3, 0.4) is 0 Å². The van der Waals surface area contributed by atoms with Crippen LogP contribution in [0.4, 0.5) is 0 Å². The van der Waals surface area contributed by atoms with Crippen molar-refractivity contribution in [3.63, 3.8) is 0 Å². The number of hydrogen-bond acceptors (Lipinski definition) is 1. The first-order valence-electron chi connectivity index (χ1n) is 6.91. The van der Waals surface area contributed by atoms with Gasteiger partial charge >= 0.3 is 0 Å². The molecule has 2 rings (SSSR count). The molecule has 108 valence electrons. The standard InChI is InChI=1S/C16H20Cl2N2/c1-4-20-15(16(18)12(3)19-20)9-14(10-17)13-7-5-6-11(2)8-13/h5-8,14H,4,9-10H2,1-3H3. The molecule has 0 radical (unpaired) electrons. The van der Waals surface area contributed by atoms with Crippen LogP contribution in [-0.4, -0.2) is 15.7 Å². The third-order valence-electron chi connectivity index (χ3n) is 3.59. The summed E-state index contributed by atoms with van der Waals surface area (Å²) in [5.74, 6) is 0.837. The molecule has 4 heteroatoms. The maximum absolute atomic E-state index is 6.39. The van der Waals surface area contributed by atoms with E-state index in [4.69, 9.17) is 23.2 Å². The molecule has 0 fully saturated rings. The van der Waals surface area contributed by atoms with Gasteiger partial charge in [-0.25, -0.2) is 0 Å². The van der Waals surface area contributed by atoms with Crippen LogP contribution >= 0.6 is 23.2 Å². The summed E-state index contributed by atoms with van der Waals surface area (Å²) in [6.07, 6.45) is 0.820. The molecule has 1 aromatic carbocycles. The number of halogens is 2. The zero-order valence-electron chi connectivity index (χ0n) is 12.2. The first-order valence-corrected chi connectivity index (χ1v) is 7.82. The van der Waals surface area contributed by atoms with Gasteiger partial charge in [0.2, 0.25) is 0 Å². The SMILES string of the molecule is CCn1nc(C)c(Cl)c1CC(CCl)c1cccc(C)c1. The van der Waals surface area contributed by atoms with Crippen molar-refractivity contribution in [3.8, 4) is 0 Å². The van der Waals surface area contributed by atoms with Crippen molar-refractivity contribution in [2.45, 2.75) is 39.7 Å². The van der Waals surface area contributed by atoms with Crippen molar-refractivity contribution in [1.29, 1.82) is 0 Å². The van der Waals surface area contributed by atoms with E-state index >= 15 is 0 Å². The van der Waals surface area contributed by atoms with Gasteiger partial charge in [-0.05, 0) is 32.8 Å². The van der Waals surface area contributed by atoms with Crippen LogP contribution in [0.1, 0.15) is 35.4 Å². The van der Waals surface area contributed by atoms with E-state index in [1.54, 1.807) is 0 Å². The van der Waals surface area contributed by atoms with Crippen molar-refractivity contribution in [2.75, 3.05) is 5.88 Å². The Balaban J connectivity index is 2.31. The molecule has 1 unspecified atom stereocenters. The molecule has 2 nitrogen and oxygen atoms in total. The van der Waals surface area contributed by atoms with E-state index in [9.17, 15) is 0 Å². The number of nitrogens with zero attached hydrogens (tertiary/aromatic N) is 2. The Labute approximate surface area is 130 Å². The molecule has 1 aromatic heterocycles. The molecule has 0 aliphatic carbocycles. The van der Waals surface area contributed by atoms with E-state index in [0.717, 1.165) is 29.4 Å². The van der Waals surface area contributed by atoms with Gasteiger partial charge in [-0.3, -0.25) is 4.68 Å². The van der Waals surface area contributed by atoms with Crippen LogP contribution in [0.25, 0.3) is 0 Å². The van der Waals surface area contributed by atoms with Crippen molar-refractivity contribution >= 4 is 23.2 Å². The van der Waals surface area contributed by atoms with Gasteiger partial charge in [-0.15, -0.1) is 11.6 Å². The zero-order valence-corrected chi connectivity index (χ0v) is 13.7. The predicted molar refractivity (Wildman–Crippen MR) is 86.0 cm³/mol. The van der Waals surface area contributed by atoms with Crippen LogP contribution in [0.5, 0.6) is 0 Å². The smallest absolute Gasteiger partial charge is 0.0847 e. The number of aromatic nitrogens is 2. The van der Waals surface area contributed by atoms with E-state index in [2.05, 4.69) is 43.2 Å². The van der Waals surface area contributed by atoms with Crippen molar-refractivity contribution in [1.82, 2.24) is 9.78 Å². The third-order valence-corrected chi connectivity index (χ3v) is 4.46. The second kappa shape index (κ2) is 6.64. The molecule has 0 aliphatic heterocycles. The molecule has 1 atom stereocenters. The summed E-state index contributed by atoms with van der Waals surface area (Å²) in [7, 11) is 0. The van der Waals surface area contributed by atoms with Crippen LogP contribution in [0, 0.1) is 13.8 Å². The molecule has 0 amide bonds. The third kappa shape index (κ3) is 3.18. The fourth-order valence-electron chi connectivity index (χ4n) is 2.48. The van der Waals surface area contributed by atoms with E-state index < -0.39 is 0 Å². The maximum atomic E-state index is 6.39. The number of hydrogen-bond donors (Lipinski definition) is 0. The molecule has 20 heavy (non-hydrogen) atoms. The lowest BCUT2D eigenvalue weighted by Crippen LogP contribution is -2.10. The second-order valence-corrected chi connectivity index (χ2v) is 5.82. The van der Waals surface area contributed by atoms with Gasteiger partial charge in [0.1, 0.15) is 0 Å². The summed E-state index contributed by atoms with van der Waals surface area (Å²) in [5.41, 5.74) is 4.49. The average molecular weight is 311 g/mol. The lowest BCUT2D eigenvalue weighted by atomic mass is 9.94. The Bertz CT molecular complexity index is 590. The van der Waals surface area contributed by atoms with Gasteiger partial charge in [-0.2, -0.15) is 5.10 Å². The highest BCUT2D eigenvalue weighted by Crippen LogP contribution is 2.28. The van der Waals surface area contributed by atoms with Crippen molar-refractivity contribution in [3.05, 3.63) is 51.8 Å². The molecule has 0 spiro atoms. The van der Waals surface area contributed by atoms with Crippen LogP contribution in [0.2, 0.25) is 5.02 Å². The largest absolute Gasteiger partial charge is 0.268 e. The van der Waals surface area contributed by atoms with Gasteiger partial charge < -0.3 is 0 Å². The zero-order chi connectivity index (χ0) is 14.7. The van der Waals surface area contributed by atoms with Gasteiger partial charge in [0.15, 0.2) is 0 Å². The van der Waals surface area contributed by atoms with Gasteiger partial charge in [0, 0.05) is 18.3 Å². The van der Waals surface area contributed by atoms with Crippen LogP contribution in [-0.2, 0) is 13.0 Å². The predicted octanol–water partition coefficient (Wildman–Crippen LogP) is 4.74. The van der Waals surface area contributed by atoms with Gasteiger partial charge in [0.05, 0.1) is 16.4 Å². The topological polar surface area (TPSA) is 17.8 Å².